The summed E-state index contributed by atoms with van der Waals surface area (Å²) in [5.74, 6) is 0.613. The van der Waals surface area contributed by atoms with E-state index in [1.165, 1.54) is 0 Å². The van der Waals surface area contributed by atoms with E-state index in [2.05, 4.69) is 24.5 Å². The molecule has 0 unspecified atom stereocenters. The highest BCUT2D eigenvalue weighted by Gasteiger charge is 2.14. The van der Waals surface area contributed by atoms with Crippen LogP contribution in [-0.2, 0) is 4.79 Å². The normalized spacial score (nSPS) is 10.3. The molecule has 0 radical (unpaired) electrons. The first kappa shape index (κ1) is 22.3. The predicted molar refractivity (Wildman–Crippen MR) is 118 cm³/mol. The molecule has 6 nitrogen and oxygen atoms in total. The SMILES string of the molecule is CCCN(CCC)C(=O)c1ccc(NCC(=O)Nc2cccc(OCC)c2)cc1. The number of hydrogen-bond acceptors (Lipinski definition) is 4. The first-order valence-corrected chi connectivity index (χ1v) is 10.2. The average molecular weight is 398 g/mol. The monoisotopic (exact) mass is 397 g/mol. The van der Waals surface area contributed by atoms with E-state index in [-0.39, 0.29) is 18.4 Å². The van der Waals surface area contributed by atoms with Crippen molar-refractivity contribution in [2.24, 2.45) is 0 Å². The van der Waals surface area contributed by atoms with Crippen LogP contribution in [0.1, 0.15) is 44.0 Å². The minimum absolute atomic E-state index is 0.0483. The van der Waals surface area contributed by atoms with Gasteiger partial charge in [0, 0.05) is 36.1 Å². The van der Waals surface area contributed by atoms with Gasteiger partial charge in [0.05, 0.1) is 13.2 Å². The maximum absolute atomic E-state index is 12.6. The smallest absolute Gasteiger partial charge is 0.253 e. The molecule has 156 valence electrons. The van der Waals surface area contributed by atoms with Gasteiger partial charge in [-0.25, -0.2) is 0 Å². The second kappa shape index (κ2) is 11.7. The third-order valence-corrected chi connectivity index (χ3v) is 4.29. The number of nitrogens with zero attached hydrogens (tertiary/aromatic N) is 1. The number of nitrogens with one attached hydrogen (secondary N) is 2. The van der Waals surface area contributed by atoms with Crippen LogP contribution in [0.2, 0.25) is 0 Å². The predicted octanol–water partition coefficient (Wildman–Crippen LogP) is 4.40. The summed E-state index contributed by atoms with van der Waals surface area (Å²) in [4.78, 5) is 26.7. The summed E-state index contributed by atoms with van der Waals surface area (Å²) >= 11 is 0. The molecule has 2 amide bonds. The fourth-order valence-electron chi connectivity index (χ4n) is 2.99. The third kappa shape index (κ3) is 7.14. The minimum atomic E-state index is -0.157. The number of carbonyl (C=O) groups excluding carboxylic acids is 2. The second-order valence-electron chi connectivity index (χ2n) is 6.73. The van der Waals surface area contributed by atoms with Gasteiger partial charge >= 0.3 is 0 Å². The van der Waals surface area contributed by atoms with Gasteiger partial charge in [0.25, 0.3) is 5.91 Å². The van der Waals surface area contributed by atoms with Gasteiger partial charge in [-0.3, -0.25) is 9.59 Å². The molecule has 0 saturated heterocycles. The largest absolute Gasteiger partial charge is 0.494 e. The number of ether oxygens (including phenoxy) is 1. The van der Waals surface area contributed by atoms with Crippen LogP contribution in [-0.4, -0.2) is 43.0 Å². The number of anilines is 2. The molecule has 0 aliphatic heterocycles. The Morgan fingerprint density at radius 3 is 2.24 bits per heavy atom. The maximum Gasteiger partial charge on any atom is 0.253 e. The van der Waals surface area contributed by atoms with Gasteiger partial charge in [-0.1, -0.05) is 19.9 Å². The summed E-state index contributed by atoms with van der Waals surface area (Å²) in [5, 5.41) is 5.92. The first-order chi connectivity index (χ1) is 14.1. The van der Waals surface area contributed by atoms with Crippen LogP contribution >= 0.6 is 0 Å². The van der Waals surface area contributed by atoms with Crippen molar-refractivity contribution >= 4 is 23.2 Å². The highest BCUT2D eigenvalue weighted by molar-refractivity contribution is 5.95. The van der Waals surface area contributed by atoms with Crippen LogP contribution in [0.15, 0.2) is 48.5 Å². The number of benzene rings is 2. The van der Waals surface area contributed by atoms with E-state index < -0.39 is 0 Å². The molecule has 0 spiro atoms. The van der Waals surface area contributed by atoms with Crippen LogP contribution < -0.4 is 15.4 Å². The molecule has 0 aliphatic carbocycles. The highest BCUT2D eigenvalue weighted by atomic mass is 16.5. The van der Waals surface area contributed by atoms with Gasteiger partial charge in [-0.15, -0.1) is 0 Å². The Bertz CT molecular complexity index is 784. The van der Waals surface area contributed by atoms with Crippen LogP contribution in [0.3, 0.4) is 0 Å². The second-order valence-corrected chi connectivity index (χ2v) is 6.73. The van der Waals surface area contributed by atoms with E-state index in [1.807, 2.05) is 42.2 Å². The summed E-state index contributed by atoms with van der Waals surface area (Å²) in [6.45, 7) is 8.28. The van der Waals surface area contributed by atoms with Crippen LogP contribution in [0.25, 0.3) is 0 Å². The Morgan fingerprint density at radius 2 is 1.62 bits per heavy atom. The molecule has 0 aromatic heterocycles. The van der Waals surface area contributed by atoms with Crippen LogP contribution in [0.5, 0.6) is 5.75 Å². The van der Waals surface area contributed by atoms with E-state index in [4.69, 9.17) is 4.74 Å². The lowest BCUT2D eigenvalue weighted by Crippen LogP contribution is -2.32. The molecule has 0 saturated carbocycles. The molecule has 2 aromatic rings. The molecule has 0 aliphatic rings. The zero-order chi connectivity index (χ0) is 21.1. The van der Waals surface area contributed by atoms with Gasteiger partial charge in [-0.2, -0.15) is 0 Å². The molecule has 0 bridgehead atoms. The van der Waals surface area contributed by atoms with Gasteiger partial charge in [0.1, 0.15) is 5.75 Å². The highest BCUT2D eigenvalue weighted by Crippen LogP contribution is 2.17. The Labute approximate surface area is 173 Å². The Balaban J connectivity index is 1.88. The van der Waals surface area contributed by atoms with E-state index in [0.717, 1.165) is 37.4 Å². The Morgan fingerprint density at radius 1 is 0.931 bits per heavy atom. The lowest BCUT2D eigenvalue weighted by molar-refractivity contribution is -0.114. The minimum Gasteiger partial charge on any atom is -0.494 e. The van der Waals surface area contributed by atoms with Crippen molar-refractivity contribution in [2.45, 2.75) is 33.6 Å². The molecule has 0 heterocycles. The lowest BCUT2D eigenvalue weighted by atomic mass is 10.1. The zero-order valence-electron chi connectivity index (χ0n) is 17.5. The van der Waals surface area contributed by atoms with Gasteiger partial charge in [0.2, 0.25) is 5.91 Å². The number of rotatable bonds is 11. The lowest BCUT2D eigenvalue weighted by Gasteiger charge is -2.21. The number of amides is 2. The third-order valence-electron chi connectivity index (χ3n) is 4.29. The summed E-state index contributed by atoms with van der Waals surface area (Å²) in [5.41, 5.74) is 2.14. The molecule has 2 rings (SSSR count). The fraction of sp³-hybridized carbons (Fsp3) is 0.391. The van der Waals surface area contributed by atoms with Gasteiger partial charge < -0.3 is 20.3 Å². The molecule has 2 aromatic carbocycles. The van der Waals surface area contributed by atoms with Crippen LogP contribution in [0, 0.1) is 0 Å². The van der Waals surface area contributed by atoms with Crippen molar-refractivity contribution in [3.8, 4) is 5.75 Å². The van der Waals surface area contributed by atoms with Gasteiger partial charge in [-0.05, 0) is 56.2 Å². The summed E-state index contributed by atoms with van der Waals surface area (Å²) in [6, 6.07) is 14.5. The molecule has 29 heavy (non-hydrogen) atoms. The van der Waals surface area contributed by atoms with E-state index in [0.29, 0.717) is 17.9 Å². The Hall–Kier alpha value is -3.02. The fourth-order valence-corrected chi connectivity index (χ4v) is 2.99. The molecule has 0 atom stereocenters. The summed E-state index contributed by atoms with van der Waals surface area (Å²) in [7, 11) is 0. The molecule has 2 N–H and O–H groups in total. The quantitative estimate of drug-likeness (QED) is 0.590. The van der Waals surface area contributed by atoms with Gasteiger partial charge in [0.15, 0.2) is 0 Å². The van der Waals surface area contributed by atoms with Crippen molar-refractivity contribution in [2.75, 3.05) is 36.9 Å². The summed E-state index contributed by atoms with van der Waals surface area (Å²) < 4.78 is 5.44. The topological polar surface area (TPSA) is 70.7 Å². The zero-order valence-corrected chi connectivity index (χ0v) is 17.5. The number of hydrogen-bond donors (Lipinski definition) is 2. The van der Waals surface area contributed by atoms with Crippen molar-refractivity contribution in [1.82, 2.24) is 4.90 Å². The van der Waals surface area contributed by atoms with Crippen molar-refractivity contribution < 1.29 is 14.3 Å². The van der Waals surface area contributed by atoms with Crippen LogP contribution in [0.4, 0.5) is 11.4 Å². The number of carbonyl (C=O) groups is 2. The average Bonchev–Trinajstić information content (AvgIpc) is 2.72. The summed E-state index contributed by atoms with van der Waals surface area (Å²) in [6.07, 6.45) is 1.88. The van der Waals surface area contributed by atoms with E-state index in [1.54, 1.807) is 18.2 Å². The molecule has 6 heteroatoms. The van der Waals surface area contributed by atoms with Crippen molar-refractivity contribution in [1.29, 1.82) is 0 Å². The van der Waals surface area contributed by atoms with Crippen molar-refractivity contribution in [3.63, 3.8) is 0 Å². The standard InChI is InChI=1S/C23H31N3O3/c1-4-14-26(15-5-2)23(28)18-10-12-19(13-11-18)24-17-22(27)25-20-8-7-9-21(16-20)29-6-3/h7-13,16,24H,4-6,14-15,17H2,1-3H3,(H,25,27). The van der Waals surface area contributed by atoms with Crippen molar-refractivity contribution in [3.05, 3.63) is 54.1 Å². The first-order valence-electron chi connectivity index (χ1n) is 10.2. The van der Waals surface area contributed by atoms with E-state index in [9.17, 15) is 9.59 Å². The maximum atomic E-state index is 12.6. The molecular formula is C23H31N3O3. The molecule has 0 fully saturated rings. The Kier molecular flexibility index (Phi) is 9.02. The van der Waals surface area contributed by atoms with E-state index >= 15 is 0 Å². The molecular weight excluding hydrogens is 366 g/mol.